The number of sulfone groups is 1. The van der Waals surface area contributed by atoms with Crippen LogP contribution in [-0.4, -0.2) is 18.6 Å². The normalized spacial score (nSPS) is 11.6. The molecule has 2 N–H and O–H groups in total. The van der Waals surface area contributed by atoms with Gasteiger partial charge in [-0.1, -0.05) is 12.1 Å². The number of benzene rings is 2. The van der Waals surface area contributed by atoms with Crippen LogP contribution >= 0.6 is 0 Å². The van der Waals surface area contributed by atoms with Crippen LogP contribution in [0.25, 0.3) is 0 Å². The van der Waals surface area contributed by atoms with E-state index in [0.717, 1.165) is 0 Å². The summed E-state index contributed by atoms with van der Waals surface area (Å²) in [6, 6.07) is 6.05. The molecule has 0 saturated carbocycles. The Morgan fingerprint density at radius 2 is 1.43 bits per heavy atom. The van der Waals surface area contributed by atoms with Gasteiger partial charge in [0.05, 0.1) is 4.90 Å². The number of rotatable bonds is 2. The molecule has 0 bridgehead atoms. The van der Waals surface area contributed by atoms with Gasteiger partial charge in [-0.15, -0.1) is 0 Å². The highest BCUT2D eigenvalue weighted by molar-refractivity contribution is 7.91. The minimum absolute atomic E-state index is 0.0212. The Bertz CT molecular complexity index is 797. The van der Waals surface area contributed by atoms with Gasteiger partial charge in [0.25, 0.3) is 0 Å². The van der Waals surface area contributed by atoms with E-state index in [1.807, 2.05) is 0 Å². The average molecular weight is 306 g/mol. The molecule has 21 heavy (non-hydrogen) atoms. The molecule has 0 aliphatic rings. The van der Waals surface area contributed by atoms with E-state index < -0.39 is 9.84 Å². The fraction of sp³-hybridized carbons (Fsp3) is 0.250. The first-order valence-corrected chi connectivity index (χ1v) is 7.99. The van der Waals surface area contributed by atoms with Crippen LogP contribution in [0.4, 0.5) is 0 Å². The van der Waals surface area contributed by atoms with Crippen LogP contribution in [0.3, 0.4) is 0 Å². The Kier molecular flexibility index (Phi) is 3.72. The van der Waals surface area contributed by atoms with E-state index in [0.29, 0.717) is 22.3 Å². The van der Waals surface area contributed by atoms with Gasteiger partial charge in [0.2, 0.25) is 9.84 Å². The van der Waals surface area contributed by atoms with Gasteiger partial charge in [-0.2, -0.15) is 0 Å². The summed E-state index contributed by atoms with van der Waals surface area (Å²) in [6.45, 7) is 6.73. The van der Waals surface area contributed by atoms with Crippen molar-refractivity contribution in [3.8, 4) is 11.5 Å². The second-order valence-electron chi connectivity index (χ2n) is 5.26. The molecule has 2 aromatic rings. The number of aromatic hydroxyl groups is 2. The maximum Gasteiger partial charge on any atom is 0.210 e. The summed E-state index contributed by atoms with van der Waals surface area (Å²) in [5.74, 6) is -0.314. The van der Waals surface area contributed by atoms with Gasteiger partial charge in [-0.25, -0.2) is 8.42 Å². The first-order valence-electron chi connectivity index (χ1n) is 6.50. The van der Waals surface area contributed by atoms with E-state index in [4.69, 9.17) is 0 Å². The molecule has 0 amide bonds. The molecule has 0 spiro atoms. The lowest BCUT2D eigenvalue weighted by molar-refractivity contribution is 0.453. The first-order chi connectivity index (χ1) is 9.66. The maximum atomic E-state index is 12.8. The second-order valence-corrected chi connectivity index (χ2v) is 7.15. The highest BCUT2D eigenvalue weighted by Crippen LogP contribution is 2.36. The highest BCUT2D eigenvalue weighted by atomic mass is 32.2. The van der Waals surface area contributed by atoms with Crippen LogP contribution in [0.15, 0.2) is 34.1 Å². The molecule has 4 nitrogen and oxygen atoms in total. The number of phenolic OH excluding ortho intramolecular Hbond substituents is 2. The Balaban J connectivity index is 2.78. The molecule has 2 rings (SSSR count). The summed E-state index contributed by atoms with van der Waals surface area (Å²) in [4.78, 5) is -0.128. The molecule has 0 saturated heterocycles. The van der Waals surface area contributed by atoms with E-state index in [1.54, 1.807) is 39.8 Å². The molecule has 0 fully saturated rings. The van der Waals surface area contributed by atoms with Crippen molar-refractivity contribution in [1.82, 2.24) is 0 Å². The summed E-state index contributed by atoms with van der Waals surface area (Å²) in [6.07, 6.45) is 0. The third kappa shape index (κ3) is 2.49. The summed E-state index contributed by atoms with van der Waals surface area (Å²) in [5, 5.41) is 20.0. The average Bonchev–Trinajstić information content (AvgIpc) is 2.40. The van der Waals surface area contributed by atoms with E-state index in [2.05, 4.69) is 0 Å². The first kappa shape index (κ1) is 15.4. The summed E-state index contributed by atoms with van der Waals surface area (Å²) < 4.78 is 25.5. The van der Waals surface area contributed by atoms with E-state index in [9.17, 15) is 18.6 Å². The fourth-order valence-corrected chi connectivity index (χ4v) is 3.93. The zero-order valence-corrected chi connectivity index (χ0v) is 13.2. The molecule has 112 valence electrons. The third-order valence-corrected chi connectivity index (χ3v) is 5.63. The van der Waals surface area contributed by atoms with Crippen LogP contribution in [0.2, 0.25) is 0 Å². The molecule has 5 heteroatoms. The standard InChI is InChI=1S/C16H18O4S/c1-9-5-6-10(2)16(15(9)18)21(19,20)13-7-11(3)12(4)14(17)8-13/h5-8,17-18H,1-4H3. The smallest absolute Gasteiger partial charge is 0.210 e. The highest BCUT2D eigenvalue weighted by Gasteiger charge is 2.26. The Morgan fingerprint density at radius 1 is 0.857 bits per heavy atom. The van der Waals surface area contributed by atoms with Crippen molar-refractivity contribution in [2.75, 3.05) is 0 Å². The van der Waals surface area contributed by atoms with Crippen LogP contribution < -0.4 is 0 Å². The molecule has 0 aliphatic heterocycles. The van der Waals surface area contributed by atoms with Crippen LogP contribution in [0.5, 0.6) is 11.5 Å². The van der Waals surface area contributed by atoms with Crippen molar-refractivity contribution < 1.29 is 18.6 Å². The summed E-state index contributed by atoms with van der Waals surface area (Å²) in [5.41, 5.74) is 2.28. The lowest BCUT2D eigenvalue weighted by atomic mass is 10.1. The van der Waals surface area contributed by atoms with Crippen molar-refractivity contribution in [3.63, 3.8) is 0 Å². The van der Waals surface area contributed by atoms with Gasteiger partial charge in [-0.3, -0.25) is 0 Å². The Morgan fingerprint density at radius 3 is 2.00 bits per heavy atom. The van der Waals surface area contributed by atoms with Gasteiger partial charge in [0.1, 0.15) is 16.4 Å². The van der Waals surface area contributed by atoms with Crippen LogP contribution in [-0.2, 0) is 9.84 Å². The molecule has 2 aromatic carbocycles. The predicted molar refractivity (Wildman–Crippen MR) is 80.6 cm³/mol. The van der Waals surface area contributed by atoms with Gasteiger partial charge < -0.3 is 10.2 Å². The third-order valence-electron chi connectivity index (χ3n) is 3.72. The van der Waals surface area contributed by atoms with Crippen LogP contribution in [0.1, 0.15) is 22.3 Å². The molecule has 0 radical (unpaired) electrons. The molecule has 0 atom stereocenters. The quantitative estimate of drug-likeness (QED) is 0.893. The van der Waals surface area contributed by atoms with Crippen LogP contribution in [0, 0.1) is 27.7 Å². The zero-order chi connectivity index (χ0) is 15.9. The summed E-state index contributed by atoms with van der Waals surface area (Å²) >= 11 is 0. The van der Waals surface area contributed by atoms with Crippen molar-refractivity contribution in [3.05, 3.63) is 46.5 Å². The van der Waals surface area contributed by atoms with Crippen molar-refractivity contribution in [2.45, 2.75) is 37.5 Å². The van der Waals surface area contributed by atoms with Crippen molar-refractivity contribution in [1.29, 1.82) is 0 Å². The zero-order valence-electron chi connectivity index (χ0n) is 12.4. The fourth-order valence-electron chi connectivity index (χ4n) is 2.19. The molecule has 0 unspecified atom stereocenters. The lowest BCUT2D eigenvalue weighted by Gasteiger charge is -2.13. The maximum absolute atomic E-state index is 12.8. The van der Waals surface area contributed by atoms with Crippen molar-refractivity contribution in [2.24, 2.45) is 0 Å². The largest absolute Gasteiger partial charge is 0.508 e. The van der Waals surface area contributed by atoms with E-state index in [1.165, 1.54) is 12.1 Å². The molecule has 0 aromatic heterocycles. The number of hydrogen-bond donors (Lipinski definition) is 2. The second kappa shape index (κ2) is 5.07. The number of aryl methyl sites for hydroxylation is 3. The van der Waals surface area contributed by atoms with Gasteiger partial charge in [0.15, 0.2) is 0 Å². The van der Waals surface area contributed by atoms with Gasteiger partial charge in [0, 0.05) is 0 Å². The topological polar surface area (TPSA) is 74.6 Å². The number of hydrogen-bond acceptors (Lipinski definition) is 4. The Hall–Kier alpha value is -2.01. The molecule has 0 aliphatic carbocycles. The van der Waals surface area contributed by atoms with Gasteiger partial charge in [-0.05, 0) is 62.1 Å². The molecule has 0 heterocycles. The van der Waals surface area contributed by atoms with Crippen molar-refractivity contribution >= 4 is 9.84 Å². The number of phenols is 2. The van der Waals surface area contributed by atoms with E-state index in [-0.39, 0.29) is 21.3 Å². The Labute approximate surface area is 124 Å². The molecular weight excluding hydrogens is 288 g/mol. The minimum Gasteiger partial charge on any atom is -0.508 e. The molecular formula is C16H18O4S. The summed E-state index contributed by atoms with van der Waals surface area (Å²) in [7, 11) is -3.89. The van der Waals surface area contributed by atoms with E-state index >= 15 is 0 Å². The van der Waals surface area contributed by atoms with Gasteiger partial charge >= 0.3 is 0 Å². The SMILES string of the molecule is Cc1cc(S(=O)(=O)c2c(C)ccc(C)c2O)cc(O)c1C. The predicted octanol–water partition coefficient (Wildman–Crippen LogP) is 3.16. The minimum atomic E-state index is -3.89. The lowest BCUT2D eigenvalue weighted by Crippen LogP contribution is -2.06. The monoisotopic (exact) mass is 306 g/mol.